The van der Waals surface area contributed by atoms with E-state index in [4.69, 9.17) is 15.2 Å². The molecule has 2 aromatic carbocycles. The molecule has 2 saturated heterocycles. The smallest absolute Gasteiger partial charge is 0.200 e. The number of phenols is 1. The highest BCUT2D eigenvalue weighted by atomic mass is 16.7. The Bertz CT molecular complexity index is 1110. The zero-order chi connectivity index (χ0) is 23.8. The molecule has 10 heteroatoms. The topological polar surface area (TPSA) is 138 Å². The highest BCUT2D eigenvalue weighted by molar-refractivity contribution is 6.31. The number of aliphatic hydroxyl groups is 1. The van der Waals surface area contributed by atoms with Crippen LogP contribution in [0.25, 0.3) is 0 Å². The van der Waals surface area contributed by atoms with Gasteiger partial charge in [-0.3, -0.25) is 19.4 Å². The Balaban J connectivity index is 1.30. The van der Waals surface area contributed by atoms with Crippen molar-refractivity contribution in [3.63, 3.8) is 0 Å². The van der Waals surface area contributed by atoms with Gasteiger partial charge in [0, 0.05) is 49.5 Å². The molecule has 2 aromatic rings. The van der Waals surface area contributed by atoms with Crippen LogP contribution in [0.15, 0.2) is 36.4 Å². The van der Waals surface area contributed by atoms with Crippen LogP contribution in [0.1, 0.15) is 31.8 Å². The number of β-amino-alcohol motifs (C(OH)–C–C–N with tert-alkyl or cyclic N) is 1. The number of phenolic OH excluding ortho intramolecular Hbond substituents is 1. The minimum atomic E-state index is -0.876. The van der Waals surface area contributed by atoms with Gasteiger partial charge in [-0.15, -0.1) is 0 Å². The summed E-state index contributed by atoms with van der Waals surface area (Å²) < 4.78 is 11.6. The van der Waals surface area contributed by atoms with E-state index >= 15 is 0 Å². The number of fused-ring (bicyclic) bond motifs is 2. The van der Waals surface area contributed by atoms with E-state index in [0.717, 1.165) is 0 Å². The second-order valence-electron chi connectivity index (χ2n) is 8.58. The fourth-order valence-electron chi connectivity index (χ4n) is 4.96. The van der Waals surface area contributed by atoms with Crippen molar-refractivity contribution >= 4 is 17.3 Å². The number of nitrogens with two attached hydrogens (primary N) is 1. The van der Waals surface area contributed by atoms with Crippen LogP contribution in [0.4, 0.5) is 5.69 Å². The van der Waals surface area contributed by atoms with Crippen molar-refractivity contribution < 1.29 is 29.3 Å². The molecule has 0 amide bonds. The molecule has 5 rings (SSSR count). The van der Waals surface area contributed by atoms with Crippen LogP contribution in [-0.4, -0.2) is 96.2 Å². The summed E-state index contributed by atoms with van der Waals surface area (Å²) in [5.41, 5.74) is 7.09. The van der Waals surface area contributed by atoms with E-state index in [9.17, 15) is 19.8 Å². The number of carbonyl (C=O) groups is 2. The van der Waals surface area contributed by atoms with Gasteiger partial charge in [0.25, 0.3) is 0 Å². The molecule has 0 aromatic heterocycles. The van der Waals surface area contributed by atoms with Gasteiger partial charge >= 0.3 is 0 Å². The van der Waals surface area contributed by atoms with Crippen LogP contribution >= 0.6 is 0 Å². The Morgan fingerprint density at radius 1 is 1.00 bits per heavy atom. The molecule has 0 radical (unpaired) electrons. The number of nitrogens with one attached hydrogen (secondary N) is 1. The Hall–Kier alpha value is -2.86. The van der Waals surface area contributed by atoms with Gasteiger partial charge in [-0.05, 0) is 12.1 Å². The van der Waals surface area contributed by atoms with Crippen molar-refractivity contribution in [2.45, 2.75) is 18.7 Å². The van der Waals surface area contributed by atoms with Crippen LogP contribution in [0.3, 0.4) is 0 Å². The predicted octanol–water partition coefficient (Wildman–Crippen LogP) is 0.173. The standard InChI is InChI=1S/C24H28N4O6/c25-7-9-28-13-18(30)34-24(28)23-27(11-12-33-23)10-8-26-16-5-1-3-14-19(16)22(32)20-15(21(14)31)4-2-6-17(20)29/h1-6,18,23-24,26,29-30H,7-13,25H2. The highest BCUT2D eigenvalue weighted by Gasteiger charge is 2.42. The molecular formula is C24H28N4O6. The summed E-state index contributed by atoms with van der Waals surface area (Å²) in [6.07, 6.45) is -1.63. The first-order valence-corrected chi connectivity index (χ1v) is 11.4. The third-order valence-electron chi connectivity index (χ3n) is 6.50. The minimum absolute atomic E-state index is 0.0409. The summed E-state index contributed by atoms with van der Waals surface area (Å²) in [4.78, 5) is 30.3. The summed E-state index contributed by atoms with van der Waals surface area (Å²) in [6.45, 7) is 3.74. The molecule has 0 spiro atoms. The van der Waals surface area contributed by atoms with E-state index in [2.05, 4.69) is 10.2 Å². The Kier molecular flexibility index (Phi) is 6.34. The maximum Gasteiger partial charge on any atom is 0.200 e. The molecule has 3 aliphatic rings. The van der Waals surface area contributed by atoms with Gasteiger partial charge in [0.1, 0.15) is 5.75 Å². The molecule has 5 N–H and O–H groups in total. The molecule has 34 heavy (non-hydrogen) atoms. The van der Waals surface area contributed by atoms with Gasteiger partial charge in [-0.2, -0.15) is 0 Å². The van der Waals surface area contributed by atoms with Crippen molar-refractivity contribution in [1.29, 1.82) is 0 Å². The zero-order valence-electron chi connectivity index (χ0n) is 18.6. The summed E-state index contributed by atoms with van der Waals surface area (Å²) in [5, 5.41) is 23.5. The lowest BCUT2D eigenvalue weighted by molar-refractivity contribution is -0.164. The predicted molar refractivity (Wildman–Crippen MR) is 123 cm³/mol. The Morgan fingerprint density at radius 2 is 1.76 bits per heavy atom. The molecule has 3 atom stereocenters. The second kappa shape index (κ2) is 9.41. The maximum atomic E-state index is 13.2. The number of rotatable bonds is 7. The van der Waals surface area contributed by atoms with Crippen molar-refractivity contribution in [2.24, 2.45) is 5.73 Å². The number of aliphatic hydroxyl groups excluding tert-OH is 1. The lowest BCUT2D eigenvalue weighted by Gasteiger charge is -2.32. The number of hydrogen-bond acceptors (Lipinski definition) is 10. The van der Waals surface area contributed by atoms with Crippen LogP contribution in [0, 0.1) is 0 Å². The average Bonchev–Trinajstić information content (AvgIpc) is 3.43. The van der Waals surface area contributed by atoms with Crippen molar-refractivity contribution in [3.8, 4) is 5.75 Å². The van der Waals surface area contributed by atoms with E-state index in [-0.39, 0.29) is 40.2 Å². The van der Waals surface area contributed by atoms with Gasteiger partial charge < -0.3 is 30.7 Å². The highest BCUT2D eigenvalue weighted by Crippen LogP contribution is 2.35. The fraction of sp³-hybridized carbons (Fsp3) is 0.417. The third kappa shape index (κ3) is 3.98. The SMILES string of the molecule is NCCN1CC(O)OC1C1OCCN1CCNc1cccc2c1C(=O)c1c(O)cccc1C2=O. The van der Waals surface area contributed by atoms with E-state index in [1.165, 1.54) is 6.07 Å². The van der Waals surface area contributed by atoms with E-state index in [1.807, 2.05) is 4.90 Å². The molecule has 2 aliphatic heterocycles. The quantitative estimate of drug-likeness (QED) is 0.380. The number of nitrogens with zero attached hydrogens (tertiary/aromatic N) is 2. The summed E-state index contributed by atoms with van der Waals surface area (Å²) in [5.74, 6) is -0.859. The molecule has 2 heterocycles. The Morgan fingerprint density at radius 3 is 2.56 bits per heavy atom. The molecule has 0 bridgehead atoms. The van der Waals surface area contributed by atoms with Gasteiger partial charge in [-0.1, -0.05) is 24.3 Å². The first-order chi connectivity index (χ1) is 16.5. The summed E-state index contributed by atoms with van der Waals surface area (Å²) in [7, 11) is 0. The normalized spacial score (nSPS) is 24.9. The van der Waals surface area contributed by atoms with Gasteiger partial charge in [0.05, 0.1) is 24.3 Å². The monoisotopic (exact) mass is 468 g/mol. The number of ether oxygens (including phenoxy) is 2. The van der Waals surface area contributed by atoms with Crippen LogP contribution in [0.5, 0.6) is 5.75 Å². The van der Waals surface area contributed by atoms with Crippen molar-refractivity contribution in [2.75, 3.05) is 51.2 Å². The average molecular weight is 469 g/mol. The number of anilines is 1. The lowest BCUT2D eigenvalue weighted by Crippen LogP contribution is -2.49. The van der Waals surface area contributed by atoms with Gasteiger partial charge in [0.2, 0.25) is 0 Å². The van der Waals surface area contributed by atoms with Crippen LogP contribution in [-0.2, 0) is 9.47 Å². The van der Waals surface area contributed by atoms with Crippen LogP contribution < -0.4 is 11.1 Å². The molecule has 3 unspecified atom stereocenters. The third-order valence-corrected chi connectivity index (χ3v) is 6.50. The zero-order valence-corrected chi connectivity index (χ0v) is 18.6. The number of hydrogen-bond donors (Lipinski definition) is 4. The summed E-state index contributed by atoms with van der Waals surface area (Å²) >= 11 is 0. The molecule has 10 nitrogen and oxygen atoms in total. The maximum absolute atomic E-state index is 13.2. The number of ketones is 2. The molecule has 0 saturated carbocycles. The van der Waals surface area contributed by atoms with Gasteiger partial charge in [0.15, 0.2) is 30.3 Å². The van der Waals surface area contributed by atoms with E-state index in [0.29, 0.717) is 57.1 Å². The summed E-state index contributed by atoms with van der Waals surface area (Å²) in [6, 6.07) is 9.65. The number of benzene rings is 2. The molecule has 180 valence electrons. The van der Waals surface area contributed by atoms with Gasteiger partial charge in [-0.25, -0.2) is 0 Å². The second-order valence-corrected chi connectivity index (χ2v) is 8.58. The number of aromatic hydroxyl groups is 1. The first-order valence-electron chi connectivity index (χ1n) is 11.4. The number of carbonyl (C=O) groups excluding carboxylic acids is 2. The van der Waals surface area contributed by atoms with E-state index in [1.54, 1.807) is 30.3 Å². The molecular weight excluding hydrogens is 440 g/mol. The lowest BCUT2D eigenvalue weighted by atomic mass is 9.82. The fourth-order valence-corrected chi connectivity index (χ4v) is 4.96. The van der Waals surface area contributed by atoms with Crippen LogP contribution in [0.2, 0.25) is 0 Å². The first kappa shape index (κ1) is 22.9. The van der Waals surface area contributed by atoms with Crippen molar-refractivity contribution in [3.05, 3.63) is 58.7 Å². The molecule has 2 fully saturated rings. The molecule has 1 aliphatic carbocycles. The minimum Gasteiger partial charge on any atom is -0.507 e. The Labute approximate surface area is 196 Å². The van der Waals surface area contributed by atoms with E-state index < -0.39 is 12.5 Å². The largest absolute Gasteiger partial charge is 0.507 e. The van der Waals surface area contributed by atoms with Crippen molar-refractivity contribution in [1.82, 2.24) is 9.80 Å².